The molecule has 0 saturated carbocycles. The topological polar surface area (TPSA) is 86.2 Å². The Morgan fingerprint density at radius 1 is 0.941 bits per heavy atom. The summed E-state index contributed by atoms with van der Waals surface area (Å²) in [5.41, 5.74) is 3.47. The minimum atomic E-state index is -0.475. The molecule has 0 aliphatic carbocycles. The quantitative estimate of drug-likeness (QED) is 0.171. The van der Waals surface area contributed by atoms with Crippen LogP contribution < -0.4 is 19.6 Å². The smallest absolute Gasteiger partial charge is 0.343 e. The molecular weight excluding hydrogens is 479 g/mol. The number of rotatable bonds is 10. The van der Waals surface area contributed by atoms with E-state index < -0.39 is 11.9 Å². The zero-order valence-electron chi connectivity index (χ0n) is 18.3. The molecule has 0 unspecified atom stereocenters. The molecule has 0 radical (unpaired) electrons. The van der Waals surface area contributed by atoms with Crippen molar-refractivity contribution in [2.24, 2.45) is 5.10 Å². The molecular formula is C25H22Cl2N2O5. The van der Waals surface area contributed by atoms with E-state index in [1.807, 2.05) is 6.92 Å². The first-order valence-corrected chi connectivity index (χ1v) is 11.1. The number of nitrogens with one attached hydrogen (secondary N) is 1. The summed E-state index contributed by atoms with van der Waals surface area (Å²) in [5.74, 6) is 0.492. The lowest BCUT2D eigenvalue weighted by molar-refractivity contribution is -0.123. The molecule has 9 heteroatoms. The Hall–Kier alpha value is -3.55. The Bertz CT molecular complexity index is 1150. The van der Waals surface area contributed by atoms with Crippen LogP contribution in [0.3, 0.4) is 0 Å². The first kappa shape index (κ1) is 25.1. The lowest BCUT2D eigenvalue weighted by Crippen LogP contribution is -2.24. The van der Waals surface area contributed by atoms with Crippen molar-refractivity contribution < 1.29 is 23.8 Å². The second-order valence-corrected chi connectivity index (χ2v) is 7.83. The molecule has 0 fully saturated rings. The third kappa shape index (κ3) is 7.79. The van der Waals surface area contributed by atoms with Gasteiger partial charge in [0.15, 0.2) is 6.61 Å². The SMILES string of the molecule is CCCOc1ccc(C(=O)Oc2ccc(/C=N/NC(=O)COc3ccc(Cl)cc3Cl)cc2)cc1. The van der Waals surface area contributed by atoms with E-state index in [-0.39, 0.29) is 6.61 Å². The minimum absolute atomic E-state index is 0.265. The molecule has 1 amide bonds. The number of hydrogen-bond acceptors (Lipinski definition) is 6. The van der Waals surface area contributed by atoms with Crippen molar-refractivity contribution in [1.29, 1.82) is 0 Å². The van der Waals surface area contributed by atoms with E-state index >= 15 is 0 Å². The van der Waals surface area contributed by atoms with Crippen molar-refractivity contribution >= 4 is 41.3 Å². The molecule has 34 heavy (non-hydrogen) atoms. The first-order valence-electron chi connectivity index (χ1n) is 10.4. The first-order chi connectivity index (χ1) is 16.4. The predicted molar refractivity (Wildman–Crippen MR) is 131 cm³/mol. The fourth-order valence-corrected chi connectivity index (χ4v) is 3.10. The van der Waals surface area contributed by atoms with Gasteiger partial charge in [0, 0.05) is 5.02 Å². The third-order valence-electron chi connectivity index (χ3n) is 4.31. The van der Waals surface area contributed by atoms with E-state index in [2.05, 4.69) is 10.5 Å². The lowest BCUT2D eigenvalue weighted by atomic mass is 10.2. The van der Waals surface area contributed by atoms with Crippen molar-refractivity contribution in [3.8, 4) is 17.2 Å². The number of ether oxygens (including phenoxy) is 3. The van der Waals surface area contributed by atoms with Gasteiger partial charge in [0.2, 0.25) is 0 Å². The Kier molecular flexibility index (Phi) is 9.31. The molecule has 0 aliphatic heterocycles. The molecule has 1 N–H and O–H groups in total. The van der Waals surface area contributed by atoms with Gasteiger partial charge in [-0.05, 0) is 78.7 Å². The molecule has 0 aromatic heterocycles. The highest BCUT2D eigenvalue weighted by Gasteiger charge is 2.09. The number of halogens is 2. The van der Waals surface area contributed by atoms with Gasteiger partial charge in [0.25, 0.3) is 5.91 Å². The van der Waals surface area contributed by atoms with Gasteiger partial charge in [-0.3, -0.25) is 4.79 Å². The normalized spacial score (nSPS) is 10.7. The molecule has 0 spiro atoms. The molecule has 176 valence electrons. The highest BCUT2D eigenvalue weighted by atomic mass is 35.5. The van der Waals surface area contributed by atoms with Gasteiger partial charge in [-0.25, -0.2) is 10.2 Å². The summed E-state index contributed by atoms with van der Waals surface area (Å²) in [7, 11) is 0. The van der Waals surface area contributed by atoms with Gasteiger partial charge < -0.3 is 14.2 Å². The Labute approximate surface area is 207 Å². The molecule has 0 bridgehead atoms. The largest absolute Gasteiger partial charge is 0.494 e. The van der Waals surface area contributed by atoms with Crippen LogP contribution in [-0.2, 0) is 4.79 Å². The fourth-order valence-electron chi connectivity index (χ4n) is 2.64. The summed E-state index contributed by atoms with van der Waals surface area (Å²) >= 11 is 11.8. The summed E-state index contributed by atoms with van der Waals surface area (Å²) < 4.78 is 16.2. The number of carbonyl (C=O) groups excluding carboxylic acids is 2. The van der Waals surface area contributed by atoms with Crippen molar-refractivity contribution in [3.05, 3.63) is 87.9 Å². The number of hydrazone groups is 1. The summed E-state index contributed by atoms with van der Waals surface area (Å²) in [4.78, 5) is 24.2. The number of esters is 1. The van der Waals surface area contributed by atoms with Gasteiger partial charge in [-0.2, -0.15) is 5.10 Å². The molecule has 0 aliphatic rings. The van der Waals surface area contributed by atoms with Crippen LogP contribution in [0.25, 0.3) is 0 Å². The maximum atomic E-state index is 12.3. The number of carbonyl (C=O) groups is 2. The molecule has 0 saturated heterocycles. The van der Waals surface area contributed by atoms with Crippen LogP contribution in [0, 0.1) is 0 Å². The Morgan fingerprint density at radius 3 is 2.32 bits per heavy atom. The second kappa shape index (κ2) is 12.6. The summed E-state index contributed by atoms with van der Waals surface area (Å²) in [5, 5.41) is 4.66. The van der Waals surface area contributed by atoms with E-state index in [9.17, 15) is 9.59 Å². The van der Waals surface area contributed by atoms with E-state index in [0.29, 0.717) is 45.0 Å². The predicted octanol–water partition coefficient (Wildman–Crippen LogP) is 5.53. The van der Waals surface area contributed by atoms with E-state index in [1.54, 1.807) is 60.7 Å². The monoisotopic (exact) mass is 500 g/mol. The maximum Gasteiger partial charge on any atom is 0.343 e. The number of benzene rings is 3. The maximum absolute atomic E-state index is 12.3. The Morgan fingerprint density at radius 2 is 1.65 bits per heavy atom. The van der Waals surface area contributed by atoms with Crippen LogP contribution in [0.4, 0.5) is 0 Å². The van der Waals surface area contributed by atoms with Crippen molar-refractivity contribution in [2.45, 2.75) is 13.3 Å². The van der Waals surface area contributed by atoms with Gasteiger partial charge in [0.1, 0.15) is 17.2 Å². The second-order valence-electron chi connectivity index (χ2n) is 6.99. The van der Waals surface area contributed by atoms with Crippen LogP contribution in [0.2, 0.25) is 10.0 Å². The Balaban J connectivity index is 1.45. The number of amides is 1. The van der Waals surface area contributed by atoms with Crippen LogP contribution in [0.1, 0.15) is 29.3 Å². The zero-order chi connectivity index (χ0) is 24.3. The number of hydrogen-bond donors (Lipinski definition) is 1. The number of nitrogens with zero attached hydrogens (tertiary/aromatic N) is 1. The molecule has 3 aromatic carbocycles. The van der Waals surface area contributed by atoms with Crippen LogP contribution in [0.15, 0.2) is 71.8 Å². The van der Waals surface area contributed by atoms with Crippen molar-refractivity contribution in [2.75, 3.05) is 13.2 Å². The van der Waals surface area contributed by atoms with Crippen LogP contribution in [0.5, 0.6) is 17.2 Å². The highest BCUT2D eigenvalue weighted by molar-refractivity contribution is 6.35. The van der Waals surface area contributed by atoms with Gasteiger partial charge in [-0.15, -0.1) is 0 Å². The van der Waals surface area contributed by atoms with E-state index in [4.69, 9.17) is 37.4 Å². The highest BCUT2D eigenvalue weighted by Crippen LogP contribution is 2.27. The van der Waals surface area contributed by atoms with Gasteiger partial charge in [0.05, 0.1) is 23.4 Å². The molecule has 7 nitrogen and oxygen atoms in total. The molecule has 3 aromatic rings. The average Bonchev–Trinajstić information content (AvgIpc) is 2.83. The summed E-state index contributed by atoms with van der Waals surface area (Å²) in [6, 6.07) is 18.1. The van der Waals surface area contributed by atoms with Crippen LogP contribution in [-0.4, -0.2) is 31.3 Å². The zero-order valence-corrected chi connectivity index (χ0v) is 19.8. The lowest BCUT2D eigenvalue weighted by Gasteiger charge is -2.07. The van der Waals surface area contributed by atoms with E-state index in [0.717, 1.165) is 6.42 Å². The van der Waals surface area contributed by atoms with Crippen molar-refractivity contribution in [3.63, 3.8) is 0 Å². The molecule has 0 atom stereocenters. The van der Waals surface area contributed by atoms with Crippen molar-refractivity contribution in [1.82, 2.24) is 5.43 Å². The standard InChI is InChI=1S/C25H22Cl2N2O5/c1-2-13-32-20-10-5-18(6-11-20)25(31)34-21-8-3-17(4-9-21)15-28-29-24(30)16-33-23-12-7-19(26)14-22(23)27/h3-12,14-15H,2,13,16H2,1H3,(H,29,30)/b28-15+. The fraction of sp³-hybridized carbons (Fsp3) is 0.160. The average molecular weight is 501 g/mol. The van der Waals surface area contributed by atoms with E-state index in [1.165, 1.54) is 12.3 Å². The third-order valence-corrected chi connectivity index (χ3v) is 4.84. The van der Waals surface area contributed by atoms with Crippen LogP contribution >= 0.6 is 23.2 Å². The molecule has 3 rings (SSSR count). The van der Waals surface area contributed by atoms with Gasteiger partial charge in [-0.1, -0.05) is 30.1 Å². The minimum Gasteiger partial charge on any atom is -0.494 e. The van der Waals surface area contributed by atoms with Gasteiger partial charge >= 0.3 is 5.97 Å². The summed E-state index contributed by atoms with van der Waals surface area (Å²) in [6.45, 7) is 2.38. The molecule has 0 heterocycles. The summed E-state index contributed by atoms with van der Waals surface area (Å²) in [6.07, 6.45) is 2.36.